The molecule has 0 bridgehead atoms. The van der Waals surface area contributed by atoms with Gasteiger partial charge in [0.1, 0.15) is 5.69 Å². The largest absolute Gasteiger partial charge is 0.337 e. The third kappa shape index (κ3) is 3.35. The fourth-order valence-corrected chi connectivity index (χ4v) is 3.47. The van der Waals surface area contributed by atoms with Crippen molar-refractivity contribution in [3.8, 4) is 11.3 Å². The van der Waals surface area contributed by atoms with Gasteiger partial charge in [0.2, 0.25) is 0 Å². The fraction of sp³-hybridized carbons (Fsp3) is 0.300. The highest BCUT2D eigenvalue weighted by Gasteiger charge is 2.27. The molecule has 1 saturated heterocycles. The van der Waals surface area contributed by atoms with Crippen LogP contribution in [0.15, 0.2) is 48.9 Å². The van der Waals surface area contributed by atoms with Gasteiger partial charge in [0.05, 0.1) is 17.6 Å². The zero-order valence-electron chi connectivity index (χ0n) is 14.7. The standard InChI is InChI=1S/C20H21N5O/c1-14-4-2-5-15(10-14)18-11-21-12-19(23-18)16-6-3-9-25(13-16)20(26)17-7-8-22-24-17/h2,4-5,7-8,10-12,16H,3,6,9,13H2,1H3,(H,22,24)/t16-/m1/s1. The first kappa shape index (κ1) is 16.4. The minimum Gasteiger partial charge on any atom is -0.337 e. The molecule has 0 spiro atoms. The molecule has 6 heteroatoms. The van der Waals surface area contributed by atoms with Crippen molar-refractivity contribution in [1.82, 2.24) is 25.1 Å². The summed E-state index contributed by atoms with van der Waals surface area (Å²) < 4.78 is 0. The fourth-order valence-electron chi connectivity index (χ4n) is 3.47. The van der Waals surface area contributed by atoms with E-state index >= 15 is 0 Å². The lowest BCUT2D eigenvalue weighted by Crippen LogP contribution is -2.39. The summed E-state index contributed by atoms with van der Waals surface area (Å²) in [6.45, 7) is 3.49. The van der Waals surface area contributed by atoms with Crippen LogP contribution in [0.25, 0.3) is 11.3 Å². The number of rotatable bonds is 3. The molecule has 1 atom stereocenters. The van der Waals surface area contributed by atoms with E-state index in [-0.39, 0.29) is 11.8 Å². The second-order valence-electron chi connectivity index (χ2n) is 6.76. The van der Waals surface area contributed by atoms with Crippen molar-refractivity contribution in [2.75, 3.05) is 13.1 Å². The van der Waals surface area contributed by atoms with Gasteiger partial charge in [-0.3, -0.25) is 14.9 Å². The number of piperidine rings is 1. The van der Waals surface area contributed by atoms with Crippen molar-refractivity contribution in [1.29, 1.82) is 0 Å². The molecule has 6 nitrogen and oxygen atoms in total. The van der Waals surface area contributed by atoms with E-state index in [2.05, 4.69) is 40.3 Å². The van der Waals surface area contributed by atoms with Crippen LogP contribution in [0.1, 0.15) is 40.5 Å². The first-order valence-corrected chi connectivity index (χ1v) is 8.88. The van der Waals surface area contributed by atoms with Crippen LogP contribution in [0.5, 0.6) is 0 Å². The number of H-pyrrole nitrogens is 1. The van der Waals surface area contributed by atoms with Gasteiger partial charge in [-0.25, -0.2) is 4.98 Å². The molecule has 132 valence electrons. The monoisotopic (exact) mass is 347 g/mol. The third-order valence-corrected chi connectivity index (χ3v) is 4.83. The Kier molecular flexibility index (Phi) is 4.48. The summed E-state index contributed by atoms with van der Waals surface area (Å²) in [5, 5.41) is 6.63. The molecule has 0 aliphatic carbocycles. The van der Waals surface area contributed by atoms with E-state index in [1.165, 1.54) is 5.56 Å². The van der Waals surface area contributed by atoms with Crippen molar-refractivity contribution in [3.05, 3.63) is 65.9 Å². The highest BCUT2D eigenvalue weighted by Crippen LogP contribution is 2.27. The topological polar surface area (TPSA) is 74.8 Å². The number of carbonyl (C=O) groups is 1. The van der Waals surface area contributed by atoms with Crippen LogP contribution in [0, 0.1) is 6.92 Å². The minimum atomic E-state index is -0.00463. The first-order valence-electron chi connectivity index (χ1n) is 8.88. The number of nitrogens with one attached hydrogen (secondary N) is 1. The van der Waals surface area contributed by atoms with E-state index in [0.717, 1.165) is 36.3 Å². The normalized spacial score (nSPS) is 17.3. The van der Waals surface area contributed by atoms with E-state index in [0.29, 0.717) is 12.2 Å². The Hall–Kier alpha value is -3.02. The Morgan fingerprint density at radius 3 is 3.00 bits per heavy atom. The number of aromatic amines is 1. The number of amides is 1. The number of hydrogen-bond donors (Lipinski definition) is 1. The lowest BCUT2D eigenvalue weighted by molar-refractivity contribution is 0.0700. The van der Waals surface area contributed by atoms with E-state index in [4.69, 9.17) is 4.98 Å². The van der Waals surface area contributed by atoms with E-state index in [1.54, 1.807) is 18.5 Å². The van der Waals surface area contributed by atoms with Crippen molar-refractivity contribution in [3.63, 3.8) is 0 Å². The van der Waals surface area contributed by atoms with Crippen LogP contribution in [-0.2, 0) is 0 Å². The summed E-state index contributed by atoms with van der Waals surface area (Å²) in [5.74, 6) is 0.197. The third-order valence-electron chi connectivity index (χ3n) is 4.83. The molecule has 4 rings (SSSR count). The van der Waals surface area contributed by atoms with E-state index < -0.39 is 0 Å². The molecule has 3 heterocycles. The Balaban J connectivity index is 1.55. The van der Waals surface area contributed by atoms with Gasteiger partial charge in [0, 0.05) is 37.0 Å². The summed E-state index contributed by atoms with van der Waals surface area (Å²) in [6.07, 6.45) is 7.20. The second kappa shape index (κ2) is 7.07. The van der Waals surface area contributed by atoms with Gasteiger partial charge in [-0.2, -0.15) is 5.10 Å². The van der Waals surface area contributed by atoms with Crippen molar-refractivity contribution in [2.24, 2.45) is 0 Å². The summed E-state index contributed by atoms with van der Waals surface area (Å²) in [5.41, 5.74) is 4.63. The zero-order chi connectivity index (χ0) is 17.9. The summed E-state index contributed by atoms with van der Waals surface area (Å²) in [4.78, 5) is 23.7. The maximum absolute atomic E-state index is 12.6. The van der Waals surface area contributed by atoms with Gasteiger partial charge < -0.3 is 4.90 Å². The molecule has 1 aliphatic rings. The summed E-state index contributed by atoms with van der Waals surface area (Å²) in [6, 6.07) is 9.98. The highest BCUT2D eigenvalue weighted by atomic mass is 16.2. The molecule has 1 N–H and O–H groups in total. The molecule has 0 radical (unpaired) electrons. The number of nitrogens with zero attached hydrogens (tertiary/aromatic N) is 4. The Bertz CT molecular complexity index is 906. The number of aryl methyl sites for hydroxylation is 1. The maximum atomic E-state index is 12.6. The lowest BCUT2D eigenvalue weighted by atomic mass is 9.94. The van der Waals surface area contributed by atoms with E-state index in [9.17, 15) is 4.79 Å². The first-order chi connectivity index (χ1) is 12.7. The molecule has 0 saturated carbocycles. The molecule has 1 fully saturated rings. The predicted octanol–water partition coefficient (Wildman–Crippen LogP) is 3.19. The summed E-state index contributed by atoms with van der Waals surface area (Å²) in [7, 11) is 0. The van der Waals surface area contributed by atoms with Crippen molar-refractivity contribution >= 4 is 5.91 Å². The predicted molar refractivity (Wildman–Crippen MR) is 98.7 cm³/mol. The summed E-state index contributed by atoms with van der Waals surface area (Å²) >= 11 is 0. The van der Waals surface area contributed by atoms with Gasteiger partial charge in [0.15, 0.2) is 0 Å². The molecule has 2 aromatic heterocycles. The lowest BCUT2D eigenvalue weighted by Gasteiger charge is -2.32. The molecule has 1 aromatic carbocycles. The second-order valence-corrected chi connectivity index (χ2v) is 6.76. The average Bonchev–Trinajstić information content (AvgIpc) is 3.22. The molecular formula is C20H21N5O. The number of benzene rings is 1. The number of carbonyl (C=O) groups excluding carboxylic acids is 1. The van der Waals surface area contributed by atoms with Gasteiger partial charge >= 0.3 is 0 Å². The van der Waals surface area contributed by atoms with Gasteiger partial charge in [0.25, 0.3) is 5.91 Å². The Labute approximate surface area is 152 Å². The molecule has 3 aromatic rings. The highest BCUT2D eigenvalue weighted by molar-refractivity contribution is 5.92. The van der Waals surface area contributed by atoms with Crippen LogP contribution in [-0.4, -0.2) is 44.1 Å². The smallest absolute Gasteiger partial charge is 0.271 e. The SMILES string of the molecule is Cc1cccc(-c2cncc([C@@H]3CCCN(C(=O)c4ccn[nH]4)C3)n2)c1. The molecule has 26 heavy (non-hydrogen) atoms. The van der Waals surface area contributed by atoms with E-state index in [1.807, 2.05) is 17.2 Å². The van der Waals surface area contributed by atoms with Crippen LogP contribution in [0.3, 0.4) is 0 Å². The van der Waals surface area contributed by atoms with Gasteiger partial charge in [-0.1, -0.05) is 23.8 Å². The van der Waals surface area contributed by atoms with Gasteiger partial charge in [-0.15, -0.1) is 0 Å². The molecular weight excluding hydrogens is 326 g/mol. The molecule has 1 amide bonds. The van der Waals surface area contributed by atoms with Crippen LogP contribution in [0.4, 0.5) is 0 Å². The number of hydrogen-bond acceptors (Lipinski definition) is 4. The van der Waals surface area contributed by atoms with Crippen molar-refractivity contribution in [2.45, 2.75) is 25.7 Å². The number of likely N-dealkylation sites (tertiary alicyclic amines) is 1. The quantitative estimate of drug-likeness (QED) is 0.789. The molecule has 0 unspecified atom stereocenters. The Morgan fingerprint density at radius 1 is 1.27 bits per heavy atom. The van der Waals surface area contributed by atoms with Crippen LogP contribution >= 0.6 is 0 Å². The maximum Gasteiger partial charge on any atom is 0.271 e. The minimum absolute atomic E-state index is 0.00463. The van der Waals surface area contributed by atoms with Crippen LogP contribution in [0.2, 0.25) is 0 Å². The molecule has 1 aliphatic heterocycles. The average molecular weight is 347 g/mol. The Morgan fingerprint density at radius 2 is 2.19 bits per heavy atom. The zero-order valence-corrected chi connectivity index (χ0v) is 14.7. The van der Waals surface area contributed by atoms with Gasteiger partial charge in [-0.05, 0) is 31.9 Å². The number of aromatic nitrogens is 4. The van der Waals surface area contributed by atoms with Crippen LogP contribution < -0.4 is 0 Å². The van der Waals surface area contributed by atoms with Crippen molar-refractivity contribution < 1.29 is 4.79 Å².